The van der Waals surface area contributed by atoms with Crippen LogP contribution in [0.1, 0.15) is 13.8 Å². The van der Waals surface area contributed by atoms with Crippen LogP contribution in [0.5, 0.6) is 0 Å². The van der Waals surface area contributed by atoms with Gasteiger partial charge in [0.15, 0.2) is 0 Å². The van der Waals surface area contributed by atoms with Crippen molar-refractivity contribution in [2.45, 2.75) is 26.3 Å². The Bertz CT molecular complexity index is 90.5. The lowest BCUT2D eigenvalue weighted by atomic mass is 10.3. The molecule has 11 heavy (non-hydrogen) atoms. The lowest BCUT2D eigenvalue weighted by Crippen LogP contribution is -2.34. The highest BCUT2D eigenvalue weighted by molar-refractivity contribution is 4.59. The summed E-state index contributed by atoms with van der Waals surface area (Å²) in [5, 5.41) is 2.64. The topological polar surface area (TPSA) is 21.3 Å². The van der Waals surface area contributed by atoms with Gasteiger partial charge in [0.05, 0.1) is 13.2 Å². The Morgan fingerprint density at radius 2 is 2.09 bits per heavy atom. The molecule has 1 unspecified atom stereocenters. The monoisotopic (exact) mass is 167 g/mol. The molecule has 4 heteroatoms. The summed E-state index contributed by atoms with van der Waals surface area (Å²) in [6, 6.07) is 0.00366. The predicted octanol–water partition coefficient (Wildman–Crippen LogP) is 1.27. The average molecular weight is 167 g/mol. The van der Waals surface area contributed by atoms with E-state index in [1.807, 2.05) is 13.8 Å². The number of rotatable bonds is 6. The standard InChI is InChI=1S/C7H15F2NO/c1-3-11-5-6(2)10-4-7(8)9/h6-7,10H,3-5H2,1-2H3. The van der Waals surface area contributed by atoms with Gasteiger partial charge < -0.3 is 10.1 Å². The van der Waals surface area contributed by atoms with Crippen LogP contribution in [0, 0.1) is 0 Å². The molecule has 0 rings (SSSR count). The van der Waals surface area contributed by atoms with Crippen LogP contribution < -0.4 is 5.32 Å². The third kappa shape index (κ3) is 7.68. The maximum atomic E-state index is 11.6. The maximum Gasteiger partial charge on any atom is 0.250 e. The molecule has 0 heterocycles. The van der Waals surface area contributed by atoms with E-state index in [0.29, 0.717) is 13.2 Å². The first-order chi connectivity index (χ1) is 5.16. The Morgan fingerprint density at radius 1 is 1.45 bits per heavy atom. The van der Waals surface area contributed by atoms with Crippen LogP contribution in [0.4, 0.5) is 8.78 Å². The van der Waals surface area contributed by atoms with Gasteiger partial charge in [0.25, 0.3) is 6.43 Å². The van der Waals surface area contributed by atoms with Crippen molar-refractivity contribution in [1.82, 2.24) is 5.32 Å². The van der Waals surface area contributed by atoms with Crippen molar-refractivity contribution in [1.29, 1.82) is 0 Å². The Hall–Kier alpha value is -0.220. The van der Waals surface area contributed by atoms with Gasteiger partial charge in [-0.25, -0.2) is 8.78 Å². The molecular weight excluding hydrogens is 152 g/mol. The van der Waals surface area contributed by atoms with E-state index in [9.17, 15) is 8.78 Å². The number of ether oxygens (including phenoxy) is 1. The van der Waals surface area contributed by atoms with E-state index < -0.39 is 6.43 Å². The number of hydrogen-bond acceptors (Lipinski definition) is 2. The van der Waals surface area contributed by atoms with Gasteiger partial charge in [-0.1, -0.05) is 0 Å². The van der Waals surface area contributed by atoms with Gasteiger partial charge in [-0.3, -0.25) is 0 Å². The lowest BCUT2D eigenvalue weighted by molar-refractivity contribution is 0.107. The zero-order valence-corrected chi connectivity index (χ0v) is 6.94. The SMILES string of the molecule is CCOCC(C)NCC(F)F. The molecule has 0 radical (unpaired) electrons. The molecule has 0 saturated heterocycles. The molecule has 0 amide bonds. The minimum absolute atomic E-state index is 0.00366. The second kappa shape index (κ2) is 6.49. The summed E-state index contributed by atoms with van der Waals surface area (Å²) < 4.78 is 28.2. The second-order valence-electron chi connectivity index (χ2n) is 2.36. The van der Waals surface area contributed by atoms with Crippen molar-refractivity contribution in [2.75, 3.05) is 19.8 Å². The van der Waals surface area contributed by atoms with Crippen LogP contribution in [-0.2, 0) is 4.74 Å². The molecule has 0 aliphatic rings. The third-order valence-corrected chi connectivity index (χ3v) is 1.19. The van der Waals surface area contributed by atoms with Gasteiger partial charge in [0.2, 0.25) is 0 Å². The smallest absolute Gasteiger partial charge is 0.250 e. The Kier molecular flexibility index (Phi) is 6.36. The number of nitrogens with one attached hydrogen (secondary N) is 1. The molecule has 0 aromatic carbocycles. The van der Waals surface area contributed by atoms with E-state index in [1.54, 1.807) is 0 Å². The van der Waals surface area contributed by atoms with Crippen LogP contribution >= 0.6 is 0 Å². The molecule has 0 aliphatic carbocycles. The normalized spacial score (nSPS) is 13.9. The third-order valence-electron chi connectivity index (χ3n) is 1.19. The van der Waals surface area contributed by atoms with Crippen molar-refractivity contribution in [3.05, 3.63) is 0 Å². The van der Waals surface area contributed by atoms with E-state index in [4.69, 9.17) is 4.74 Å². The lowest BCUT2D eigenvalue weighted by Gasteiger charge is -2.12. The van der Waals surface area contributed by atoms with Crippen LogP contribution in [0.3, 0.4) is 0 Å². The van der Waals surface area contributed by atoms with Gasteiger partial charge in [-0.05, 0) is 13.8 Å². The van der Waals surface area contributed by atoms with Gasteiger partial charge in [-0.15, -0.1) is 0 Å². The maximum absolute atomic E-state index is 11.6. The highest BCUT2D eigenvalue weighted by Gasteiger charge is 2.05. The van der Waals surface area contributed by atoms with Crippen molar-refractivity contribution in [3.8, 4) is 0 Å². The van der Waals surface area contributed by atoms with E-state index >= 15 is 0 Å². The summed E-state index contributed by atoms with van der Waals surface area (Å²) in [7, 11) is 0. The van der Waals surface area contributed by atoms with Crippen LogP contribution in [0.25, 0.3) is 0 Å². The Balaban J connectivity index is 3.15. The van der Waals surface area contributed by atoms with Gasteiger partial charge >= 0.3 is 0 Å². The molecular formula is C7H15F2NO. The molecule has 0 aromatic heterocycles. The summed E-state index contributed by atoms with van der Waals surface area (Å²) in [5.41, 5.74) is 0. The fraction of sp³-hybridized carbons (Fsp3) is 1.00. The highest BCUT2D eigenvalue weighted by atomic mass is 19.3. The fourth-order valence-electron chi connectivity index (χ4n) is 0.644. The summed E-state index contributed by atoms with van der Waals surface area (Å²) in [4.78, 5) is 0. The van der Waals surface area contributed by atoms with Crippen LogP contribution in [0.15, 0.2) is 0 Å². The molecule has 0 fully saturated rings. The first-order valence-corrected chi connectivity index (χ1v) is 3.76. The van der Waals surface area contributed by atoms with Gasteiger partial charge in [0.1, 0.15) is 0 Å². The Labute approximate surface area is 65.9 Å². The first-order valence-electron chi connectivity index (χ1n) is 3.76. The predicted molar refractivity (Wildman–Crippen MR) is 40.0 cm³/mol. The Morgan fingerprint density at radius 3 is 2.55 bits per heavy atom. The molecule has 68 valence electrons. The molecule has 0 spiro atoms. The van der Waals surface area contributed by atoms with E-state index in [0.717, 1.165) is 0 Å². The minimum atomic E-state index is -2.28. The summed E-state index contributed by atoms with van der Waals surface area (Å²) in [6.45, 7) is 4.55. The van der Waals surface area contributed by atoms with Crippen molar-refractivity contribution < 1.29 is 13.5 Å². The second-order valence-corrected chi connectivity index (χ2v) is 2.36. The molecule has 0 aliphatic heterocycles. The molecule has 0 bridgehead atoms. The summed E-state index contributed by atoms with van der Waals surface area (Å²) in [5.74, 6) is 0. The van der Waals surface area contributed by atoms with Crippen LogP contribution in [0.2, 0.25) is 0 Å². The quantitative estimate of drug-likeness (QED) is 0.643. The minimum Gasteiger partial charge on any atom is -0.380 e. The van der Waals surface area contributed by atoms with E-state index in [1.165, 1.54) is 0 Å². The van der Waals surface area contributed by atoms with Gasteiger partial charge in [-0.2, -0.15) is 0 Å². The zero-order valence-electron chi connectivity index (χ0n) is 6.94. The summed E-state index contributed by atoms with van der Waals surface area (Å²) >= 11 is 0. The first kappa shape index (κ1) is 10.8. The zero-order chi connectivity index (χ0) is 8.69. The van der Waals surface area contributed by atoms with E-state index in [-0.39, 0.29) is 12.6 Å². The number of halogens is 2. The molecule has 0 aromatic rings. The van der Waals surface area contributed by atoms with Gasteiger partial charge in [0, 0.05) is 12.6 Å². The van der Waals surface area contributed by atoms with Crippen molar-refractivity contribution in [3.63, 3.8) is 0 Å². The average Bonchev–Trinajstić information content (AvgIpc) is 1.97. The largest absolute Gasteiger partial charge is 0.380 e. The number of alkyl halides is 2. The fourth-order valence-corrected chi connectivity index (χ4v) is 0.644. The molecule has 1 N–H and O–H groups in total. The molecule has 2 nitrogen and oxygen atoms in total. The number of hydrogen-bond donors (Lipinski definition) is 1. The van der Waals surface area contributed by atoms with E-state index in [2.05, 4.69) is 5.32 Å². The highest BCUT2D eigenvalue weighted by Crippen LogP contribution is 1.90. The van der Waals surface area contributed by atoms with Crippen LogP contribution in [-0.4, -0.2) is 32.2 Å². The van der Waals surface area contributed by atoms with Crippen molar-refractivity contribution >= 4 is 0 Å². The molecule has 1 atom stereocenters. The molecule has 0 saturated carbocycles. The van der Waals surface area contributed by atoms with Crippen molar-refractivity contribution in [2.24, 2.45) is 0 Å². The summed E-state index contributed by atoms with van der Waals surface area (Å²) in [6.07, 6.45) is -2.28.